The first kappa shape index (κ1) is 20.7. The van der Waals surface area contributed by atoms with Crippen molar-refractivity contribution >= 4 is 0 Å². The van der Waals surface area contributed by atoms with Gasteiger partial charge in [0, 0.05) is 0 Å². The van der Waals surface area contributed by atoms with Gasteiger partial charge in [-0.2, -0.15) is 0 Å². The molecule has 0 aromatic heterocycles. The molecule has 1 nitrogen and oxygen atoms in total. The zero-order valence-corrected chi connectivity index (χ0v) is 17.9. The first-order valence-electron chi connectivity index (χ1n) is 12.0. The second-order valence-corrected chi connectivity index (χ2v) is 9.31. The average molecular weight is 371 g/mol. The van der Waals surface area contributed by atoms with Crippen molar-refractivity contribution in [3.05, 3.63) is 29.8 Å². The summed E-state index contributed by atoms with van der Waals surface area (Å²) in [6, 6.07) is 9.05. The normalized spacial score (nSPS) is 28.8. The molecule has 0 saturated heterocycles. The minimum atomic E-state index is 0.784. The molecule has 1 aromatic carbocycles. The van der Waals surface area contributed by atoms with Crippen LogP contribution < -0.4 is 4.74 Å². The zero-order chi connectivity index (χ0) is 18.9. The van der Waals surface area contributed by atoms with Crippen molar-refractivity contribution < 1.29 is 4.74 Å². The summed E-state index contributed by atoms with van der Waals surface area (Å²) < 4.78 is 5.87. The van der Waals surface area contributed by atoms with Crippen molar-refractivity contribution in [3.8, 4) is 5.75 Å². The fourth-order valence-corrected chi connectivity index (χ4v) is 5.66. The van der Waals surface area contributed by atoms with Crippen LogP contribution in [0.15, 0.2) is 24.3 Å². The lowest BCUT2D eigenvalue weighted by Crippen LogP contribution is -2.25. The van der Waals surface area contributed by atoms with Crippen LogP contribution in [0.1, 0.15) is 109 Å². The summed E-state index contributed by atoms with van der Waals surface area (Å²) in [6.07, 6.45) is 18.3. The Hall–Kier alpha value is -0.980. The molecule has 152 valence electrons. The Morgan fingerprint density at radius 3 is 1.96 bits per heavy atom. The van der Waals surface area contributed by atoms with E-state index in [0.29, 0.717) is 0 Å². The Kier molecular flexibility index (Phi) is 8.55. The quantitative estimate of drug-likeness (QED) is 0.399. The van der Waals surface area contributed by atoms with Gasteiger partial charge in [0.25, 0.3) is 0 Å². The summed E-state index contributed by atoms with van der Waals surface area (Å²) in [5, 5.41) is 0. The SMILES string of the molecule is CCCCCOc1ccc(C2CCC(C3CCC(CCC)CC3)CC2)cc1. The van der Waals surface area contributed by atoms with E-state index < -0.39 is 0 Å². The second kappa shape index (κ2) is 11.1. The topological polar surface area (TPSA) is 9.23 Å². The van der Waals surface area contributed by atoms with Crippen molar-refractivity contribution in [3.63, 3.8) is 0 Å². The summed E-state index contributed by atoms with van der Waals surface area (Å²) in [5.74, 6) is 4.94. The lowest BCUT2D eigenvalue weighted by atomic mass is 9.68. The molecule has 0 N–H and O–H groups in total. The molecule has 0 atom stereocenters. The van der Waals surface area contributed by atoms with E-state index in [2.05, 4.69) is 38.1 Å². The highest BCUT2D eigenvalue weighted by Gasteiger charge is 2.31. The fraction of sp³-hybridized carbons (Fsp3) is 0.769. The van der Waals surface area contributed by atoms with E-state index in [4.69, 9.17) is 4.74 Å². The fourth-order valence-electron chi connectivity index (χ4n) is 5.66. The minimum absolute atomic E-state index is 0.784. The Labute approximate surface area is 168 Å². The Balaban J connectivity index is 1.40. The van der Waals surface area contributed by atoms with Gasteiger partial charge < -0.3 is 4.74 Å². The van der Waals surface area contributed by atoms with Crippen LogP contribution in [0.4, 0.5) is 0 Å². The van der Waals surface area contributed by atoms with E-state index in [0.717, 1.165) is 36.0 Å². The van der Waals surface area contributed by atoms with Crippen molar-refractivity contribution in [1.82, 2.24) is 0 Å². The summed E-state index contributed by atoms with van der Waals surface area (Å²) in [5.41, 5.74) is 1.54. The third-order valence-electron chi connectivity index (χ3n) is 7.39. The van der Waals surface area contributed by atoms with E-state index in [-0.39, 0.29) is 0 Å². The molecule has 1 aromatic rings. The monoisotopic (exact) mass is 370 g/mol. The summed E-state index contributed by atoms with van der Waals surface area (Å²) in [7, 11) is 0. The molecule has 0 amide bonds. The maximum absolute atomic E-state index is 5.87. The number of ether oxygens (including phenoxy) is 1. The molecular formula is C26H42O. The molecule has 0 spiro atoms. The number of hydrogen-bond donors (Lipinski definition) is 0. The third kappa shape index (κ3) is 6.26. The first-order valence-corrected chi connectivity index (χ1v) is 12.0. The van der Waals surface area contributed by atoms with Gasteiger partial charge in [-0.05, 0) is 86.3 Å². The summed E-state index contributed by atoms with van der Waals surface area (Å²) in [6.45, 7) is 5.44. The van der Waals surface area contributed by atoms with E-state index in [9.17, 15) is 0 Å². The lowest BCUT2D eigenvalue weighted by Gasteiger charge is -2.38. The smallest absolute Gasteiger partial charge is 0.119 e. The van der Waals surface area contributed by atoms with Crippen LogP contribution in [0.3, 0.4) is 0 Å². The van der Waals surface area contributed by atoms with Crippen LogP contribution in [0, 0.1) is 17.8 Å². The number of hydrogen-bond acceptors (Lipinski definition) is 1. The van der Waals surface area contributed by atoms with Crippen molar-refractivity contribution in [2.24, 2.45) is 17.8 Å². The van der Waals surface area contributed by atoms with Crippen LogP contribution in [0.5, 0.6) is 5.75 Å². The number of unbranched alkanes of at least 4 members (excludes halogenated alkanes) is 2. The summed E-state index contributed by atoms with van der Waals surface area (Å²) >= 11 is 0. The molecule has 2 fully saturated rings. The van der Waals surface area contributed by atoms with Crippen LogP contribution in [-0.2, 0) is 0 Å². The van der Waals surface area contributed by atoms with Gasteiger partial charge >= 0.3 is 0 Å². The highest BCUT2D eigenvalue weighted by Crippen LogP contribution is 2.44. The molecule has 0 aliphatic heterocycles. The lowest BCUT2D eigenvalue weighted by molar-refractivity contribution is 0.156. The van der Waals surface area contributed by atoms with E-state index in [1.54, 1.807) is 5.56 Å². The van der Waals surface area contributed by atoms with Crippen molar-refractivity contribution in [2.45, 2.75) is 103 Å². The van der Waals surface area contributed by atoms with Gasteiger partial charge in [0.1, 0.15) is 5.75 Å². The molecule has 0 bridgehead atoms. The molecule has 27 heavy (non-hydrogen) atoms. The zero-order valence-electron chi connectivity index (χ0n) is 17.9. The Bertz CT molecular complexity index is 504. The highest BCUT2D eigenvalue weighted by molar-refractivity contribution is 5.29. The second-order valence-electron chi connectivity index (χ2n) is 9.31. The predicted octanol–water partition coefficient (Wildman–Crippen LogP) is 8.14. The molecule has 2 aliphatic rings. The Morgan fingerprint density at radius 2 is 1.37 bits per heavy atom. The highest BCUT2D eigenvalue weighted by atomic mass is 16.5. The van der Waals surface area contributed by atoms with E-state index in [1.807, 2.05) is 0 Å². The van der Waals surface area contributed by atoms with Crippen LogP contribution in [0.2, 0.25) is 0 Å². The molecule has 0 radical (unpaired) electrons. The van der Waals surface area contributed by atoms with Crippen LogP contribution in [0.25, 0.3) is 0 Å². The van der Waals surface area contributed by atoms with Crippen LogP contribution >= 0.6 is 0 Å². The molecule has 1 heteroatoms. The van der Waals surface area contributed by atoms with Gasteiger partial charge in [-0.25, -0.2) is 0 Å². The largest absolute Gasteiger partial charge is 0.494 e. The molecule has 0 heterocycles. The standard InChI is InChI=1S/C26H42O/c1-3-5-6-20-27-26-18-16-25(17-19-26)24-14-12-23(13-15-24)22-10-8-21(7-4-2)9-11-22/h16-19,21-24H,3-15,20H2,1-2H3. The number of rotatable bonds is 9. The number of benzene rings is 1. The van der Waals surface area contributed by atoms with E-state index >= 15 is 0 Å². The molecule has 2 saturated carbocycles. The molecule has 0 unspecified atom stereocenters. The predicted molar refractivity (Wildman–Crippen MR) is 117 cm³/mol. The average Bonchev–Trinajstić information content (AvgIpc) is 2.73. The van der Waals surface area contributed by atoms with Gasteiger partial charge in [0.15, 0.2) is 0 Å². The Morgan fingerprint density at radius 1 is 0.741 bits per heavy atom. The maximum atomic E-state index is 5.87. The van der Waals surface area contributed by atoms with Gasteiger partial charge in [-0.3, -0.25) is 0 Å². The molecule has 3 rings (SSSR count). The molecule has 2 aliphatic carbocycles. The van der Waals surface area contributed by atoms with E-state index in [1.165, 1.54) is 83.5 Å². The van der Waals surface area contributed by atoms with Gasteiger partial charge in [-0.15, -0.1) is 0 Å². The van der Waals surface area contributed by atoms with Crippen molar-refractivity contribution in [2.75, 3.05) is 6.61 Å². The molecular weight excluding hydrogens is 328 g/mol. The minimum Gasteiger partial charge on any atom is -0.494 e. The first-order chi connectivity index (χ1) is 13.3. The van der Waals surface area contributed by atoms with Gasteiger partial charge in [0.2, 0.25) is 0 Å². The summed E-state index contributed by atoms with van der Waals surface area (Å²) in [4.78, 5) is 0. The van der Waals surface area contributed by atoms with Gasteiger partial charge in [0.05, 0.1) is 6.61 Å². The maximum Gasteiger partial charge on any atom is 0.119 e. The van der Waals surface area contributed by atoms with Crippen LogP contribution in [-0.4, -0.2) is 6.61 Å². The van der Waals surface area contributed by atoms with Gasteiger partial charge in [-0.1, -0.05) is 64.5 Å². The van der Waals surface area contributed by atoms with Crippen molar-refractivity contribution in [1.29, 1.82) is 0 Å². The third-order valence-corrected chi connectivity index (χ3v) is 7.39.